The van der Waals surface area contributed by atoms with Gasteiger partial charge in [0.15, 0.2) is 6.10 Å². The number of nitrogens with two attached hydrogens (primary N) is 1. The van der Waals surface area contributed by atoms with Crippen molar-refractivity contribution in [2.75, 3.05) is 26.4 Å². The average molecular weight is 1270 g/mol. The lowest BCUT2D eigenvalue weighted by Gasteiger charge is -2.19. The number of phosphoric acid groups is 1. The van der Waals surface area contributed by atoms with Crippen LogP contribution in [-0.2, 0) is 32.7 Å². The molecule has 0 bridgehead atoms. The van der Waals surface area contributed by atoms with Crippen molar-refractivity contribution in [2.45, 2.75) is 405 Å². The van der Waals surface area contributed by atoms with Crippen LogP contribution in [0.5, 0.6) is 0 Å². The summed E-state index contributed by atoms with van der Waals surface area (Å²) in [5, 5.41) is 0. The van der Waals surface area contributed by atoms with Crippen LogP contribution in [0.1, 0.15) is 399 Å². The quantitative estimate of drug-likeness (QED) is 0.0264. The molecular formula is C79H148NO8P. The van der Waals surface area contributed by atoms with Crippen LogP contribution in [0.2, 0.25) is 0 Å². The van der Waals surface area contributed by atoms with Crippen LogP contribution >= 0.6 is 7.82 Å². The molecule has 0 aromatic carbocycles. The first-order valence-corrected chi connectivity index (χ1v) is 40.3. The van der Waals surface area contributed by atoms with E-state index in [9.17, 15) is 19.0 Å². The molecule has 2 atom stereocenters. The summed E-state index contributed by atoms with van der Waals surface area (Å²) in [6, 6.07) is 0. The number of hydrogen-bond acceptors (Lipinski definition) is 8. The molecule has 0 saturated carbocycles. The topological polar surface area (TPSA) is 134 Å². The molecule has 10 heteroatoms. The lowest BCUT2D eigenvalue weighted by atomic mass is 10.0. The van der Waals surface area contributed by atoms with E-state index in [1.807, 2.05) is 0 Å². The van der Waals surface area contributed by atoms with Gasteiger partial charge in [0.2, 0.25) is 0 Å². The van der Waals surface area contributed by atoms with E-state index in [0.29, 0.717) is 6.42 Å². The predicted octanol–water partition coefficient (Wildman–Crippen LogP) is 25.8. The first-order valence-electron chi connectivity index (χ1n) is 38.8. The molecule has 0 aromatic heterocycles. The Bertz CT molecular complexity index is 1640. The fourth-order valence-electron chi connectivity index (χ4n) is 11.7. The summed E-state index contributed by atoms with van der Waals surface area (Å²) in [4.78, 5) is 35.4. The van der Waals surface area contributed by atoms with Crippen LogP contribution in [0.3, 0.4) is 0 Å². The predicted molar refractivity (Wildman–Crippen MR) is 386 cm³/mol. The zero-order valence-corrected chi connectivity index (χ0v) is 59.8. The van der Waals surface area contributed by atoms with Gasteiger partial charge in [0.1, 0.15) is 6.61 Å². The van der Waals surface area contributed by atoms with Crippen molar-refractivity contribution in [3.63, 3.8) is 0 Å². The Hall–Kier alpha value is -2.29. The number of hydrogen-bond donors (Lipinski definition) is 2. The Morgan fingerprint density at radius 1 is 0.348 bits per heavy atom. The molecule has 0 heterocycles. The second-order valence-electron chi connectivity index (χ2n) is 26.2. The first kappa shape index (κ1) is 86.7. The Labute approximate surface area is 552 Å². The van der Waals surface area contributed by atoms with Gasteiger partial charge in [-0.1, -0.05) is 370 Å². The maximum Gasteiger partial charge on any atom is 0.472 e. The molecule has 9 nitrogen and oxygen atoms in total. The largest absolute Gasteiger partial charge is 0.472 e. The van der Waals surface area contributed by atoms with Crippen LogP contribution in [0.25, 0.3) is 0 Å². The molecular weight excluding hydrogens is 1120 g/mol. The molecule has 89 heavy (non-hydrogen) atoms. The van der Waals surface area contributed by atoms with Crippen LogP contribution in [0.15, 0.2) is 60.8 Å². The molecule has 522 valence electrons. The third-order valence-electron chi connectivity index (χ3n) is 17.4. The third kappa shape index (κ3) is 74.6. The van der Waals surface area contributed by atoms with Gasteiger partial charge in [0.25, 0.3) is 0 Å². The summed E-state index contributed by atoms with van der Waals surface area (Å²) < 4.78 is 33.3. The lowest BCUT2D eigenvalue weighted by molar-refractivity contribution is -0.161. The van der Waals surface area contributed by atoms with E-state index in [1.165, 1.54) is 308 Å². The highest BCUT2D eigenvalue weighted by atomic mass is 31.2. The van der Waals surface area contributed by atoms with E-state index < -0.39 is 26.5 Å². The van der Waals surface area contributed by atoms with E-state index in [0.717, 1.165) is 57.8 Å². The Balaban J connectivity index is 3.76. The maximum absolute atomic E-state index is 12.8. The fourth-order valence-corrected chi connectivity index (χ4v) is 12.5. The highest BCUT2D eigenvalue weighted by molar-refractivity contribution is 7.47. The summed E-state index contributed by atoms with van der Waals surface area (Å²) in [5.74, 6) is -0.806. The molecule has 0 aliphatic heterocycles. The standard InChI is InChI=1S/C79H148NO8P/c1-3-5-7-9-11-13-15-17-19-21-23-25-27-29-31-33-35-36-37-38-39-40-42-43-45-47-49-51-53-55-57-59-61-63-65-67-69-71-78(81)85-75-77(76-87-89(83,84)86-74-73-80)88-79(82)72-70-68-66-64-62-60-58-56-54-52-50-48-46-44-41-34-32-30-28-26-24-22-20-18-16-14-12-10-8-6-4-2/h6,8,12,14,18,20-21,23-24,26,77H,3-5,7,9-11,13,15-17,19,22,25,27-76,80H2,1-2H3,(H,83,84)/b8-6-,14-12-,20-18-,23-21-,26-24-. The van der Waals surface area contributed by atoms with Crippen LogP contribution in [0.4, 0.5) is 0 Å². The van der Waals surface area contributed by atoms with Crippen molar-refractivity contribution in [2.24, 2.45) is 5.73 Å². The molecule has 0 spiro atoms. The zero-order chi connectivity index (χ0) is 64.4. The van der Waals surface area contributed by atoms with Gasteiger partial charge < -0.3 is 20.1 Å². The molecule has 0 aliphatic carbocycles. The van der Waals surface area contributed by atoms with Gasteiger partial charge >= 0.3 is 19.8 Å². The Morgan fingerprint density at radius 3 is 0.933 bits per heavy atom. The van der Waals surface area contributed by atoms with E-state index in [4.69, 9.17) is 24.3 Å². The van der Waals surface area contributed by atoms with Gasteiger partial charge in [0.05, 0.1) is 13.2 Å². The summed E-state index contributed by atoms with van der Waals surface area (Å²) in [7, 11) is -4.39. The third-order valence-corrected chi connectivity index (χ3v) is 18.4. The molecule has 2 unspecified atom stereocenters. The second kappa shape index (κ2) is 74.7. The summed E-state index contributed by atoms with van der Waals surface area (Å²) in [5.41, 5.74) is 5.41. The van der Waals surface area contributed by atoms with Gasteiger partial charge in [-0.3, -0.25) is 18.6 Å². The van der Waals surface area contributed by atoms with Crippen molar-refractivity contribution in [1.82, 2.24) is 0 Å². The number of allylic oxidation sites excluding steroid dienone is 10. The van der Waals surface area contributed by atoms with Crippen molar-refractivity contribution >= 4 is 19.8 Å². The lowest BCUT2D eigenvalue weighted by Crippen LogP contribution is -2.29. The van der Waals surface area contributed by atoms with Gasteiger partial charge in [0, 0.05) is 19.4 Å². The van der Waals surface area contributed by atoms with E-state index in [1.54, 1.807) is 0 Å². The van der Waals surface area contributed by atoms with Gasteiger partial charge in [-0.05, 0) is 77.0 Å². The van der Waals surface area contributed by atoms with Crippen LogP contribution in [0, 0.1) is 0 Å². The molecule has 3 N–H and O–H groups in total. The molecule has 0 aromatic rings. The number of phosphoric ester groups is 1. The SMILES string of the molecule is CC/C=C\C/C=C\C/C=C\C/C=C\CCCCCCCCCCCCCCCCCCCCC(=O)OC(COC(=O)CCCCCCCCCCCCCCCCCCCCCCCCCCC/C=C\CCCCCCCCCC)COP(=O)(O)OCCN. The molecule has 0 rings (SSSR count). The summed E-state index contributed by atoms with van der Waals surface area (Å²) in [6.45, 7) is 3.70. The molecule has 0 aliphatic rings. The smallest absolute Gasteiger partial charge is 0.462 e. The van der Waals surface area contributed by atoms with E-state index >= 15 is 0 Å². The number of carbonyl (C=O) groups excluding carboxylic acids is 2. The normalized spacial score (nSPS) is 13.2. The number of ether oxygens (including phenoxy) is 2. The molecule has 0 saturated heterocycles. The number of carbonyl (C=O) groups is 2. The van der Waals surface area contributed by atoms with Gasteiger partial charge in [-0.2, -0.15) is 0 Å². The Kier molecular flexibility index (Phi) is 72.8. The molecule has 0 radical (unpaired) electrons. The summed E-state index contributed by atoms with van der Waals surface area (Å²) in [6.07, 6.45) is 97.9. The minimum Gasteiger partial charge on any atom is -0.462 e. The first-order chi connectivity index (χ1) is 43.8. The van der Waals surface area contributed by atoms with Crippen molar-refractivity contribution in [3.05, 3.63) is 60.8 Å². The average Bonchev–Trinajstić information content (AvgIpc) is 3.68. The molecule has 0 amide bonds. The zero-order valence-electron chi connectivity index (χ0n) is 58.9. The number of unbranched alkanes of at least 4 members (excludes halogenated alkanes) is 51. The fraction of sp³-hybridized carbons (Fsp3) is 0.848. The van der Waals surface area contributed by atoms with Gasteiger partial charge in [-0.25, -0.2) is 4.57 Å². The molecule has 0 fully saturated rings. The minimum absolute atomic E-state index is 0.0549. The monoisotopic (exact) mass is 1270 g/mol. The summed E-state index contributed by atoms with van der Waals surface area (Å²) >= 11 is 0. The highest BCUT2D eigenvalue weighted by Gasteiger charge is 2.26. The second-order valence-corrected chi connectivity index (χ2v) is 27.7. The number of esters is 2. The highest BCUT2D eigenvalue weighted by Crippen LogP contribution is 2.43. The van der Waals surface area contributed by atoms with Crippen LogP contribution in [-0.4, -0.2) is 49.3 Å². The van der Waals surface area contributed by atoms with Crippen molar-refractivity contribution in [3.8, 4) is 0 Å². The van der Waals surface area contributed by atoms with Crippen molar-refractivity contribution in [1.29, 1.82) is 0 Å². The van der Waals surface area contributed by atoms with E-state index in [-0.39, 0.29) is 38.6 Å². The van der Waals surface area contributed by atoms with Gasteiger partial charge in [-0.15, -0.1) is 0 Å². The minimum atomic E-state index is -4.39. The number of rotatable bonds is 74. The van der Waals surface area contributed by atoms with Crippen molar-refractivity contribution < 1.29 is 37.6 Å². The van der Waals surface area contributed by atoms with E-state index in [2.05, 4.69) is 74.6 Å². The van der Waals surface area contributed by atoms with Crippen LogP contribution < -0.4 is 5.73 Å². The maximum atomic E-state index is 12.8. The Morgan fingerprint density at radius 2 is 0.618 bits per heavy atom.